The number of hydrogen-bond acceptors (Lipinski definition) is 2. The average molecular weight is 575 g/mol. The van der Waals surface area contributed by atoms with E-state index in [2.05, 4.69) is 134 Å². The zero-order valence-electron chi connectivity index (χ0n) is 26.5. The molecule has 2 nitrogen and oxygen atoms in total. The molecule has 0 aliphatic heterocycles. The van der Waals surface area contributed by atoms with Crippen molar-refractivity contribution in [3.05, 3.63) is 121 Å². The molecule has 0 amide bonds. The summed E-state index contributed by atoms with van der Waals surface area (Å²) in [5.41, 5.74) is 10.5. The van der Waals surface area contributed by atoms with Crippen molar-refractivity contribution < 1.29 is 8.83 Å². The molecule has 0 fully saturated rings. The lowest BCUT2D eigenvalue weighted by Crippen LogP contribution is -2.13. The Hall–Kier alpha value is -4.82. The minimum Gasteiger partial charge on any atom is -0.455 e. The van der Waals surface area contributed by atoms with E-state index >= 15 is 0 Å². The molecule has 0 bridgehead atoms. The first-order valence-electron chi connectivity index (χ1n) is 15.3. The number of para-hydroxylation sites is 3. The Morgan fingerprint density at radius 2 is 1.02 bits per heavy atom. The van der Waals surface area contributed by atoms with Crippen LogP contribution in [-0.2, 0) is 10.8 Å². The van der Waals surface area contributed by atoms with Crippen LogP contribution in [0.4, 0.5) is 0 Å². The lowest BCUT2D eigenvalue weighted by Gasteiger charge is -2.26. The first-order chi connectivity index (χ1) is 21.0. The summed E-state index contributed by atoms with van der Waals surface area (Å²) >= 11 is 0. The summed E-state index contributed by atoms with van der Waals surface area (Å²) in [6.45, 7) is 21.8. The summed E-state index contributed by atoms with van der Waals surface area (Å²) in [5.74, 6) is 0.742. The third-order valence-electron chi connectivity index (χ3n) is 8.96. The van der Waals surface area contributed by atoms with Gasteiger partial charge in [0.1, 0.15) is 22.5 Å². The van der Waals surface area contributed by atoms with Gasteiger partial charge in [-0.05, 0) is 80.3 Å². The van der Waals surface area contributed by atoms with Crippen LogP contribution in [0, 0.1) is 0 Å². The van der Waals surface area contributed by atoms with Crippen LogP contribution >= 0.6 is 0 Å². The lowest BCUT2D eigenvalue weighted by molar-refractivity contribution is 0.589. The monoisotopic (exact) mass is 574 g/mol. The van der Waals surface area contributed by atoms with Crippen LogP contribution in [0.1, 0.15) is 64.0 Å². The maximum absolute atomic E-state index is 6.59. The van der Waals surface area contributed by atoms with Crippen molar-refractivity contribution in [2.24, 2.45) is 0 Å². The van der Waals surface area contributed by atoms with Gasteiger partial charge in [0.2, 0.25) is 0 Å². The zero-order chi connectivity index (χ0) is 31.0. The molecule has 0 unspecified atom stereocenters. The number of hydrogen-bond donors (Lipinski definition) is 0. The first-order valence-corrected chi connectivity index (χ1v) is 15.3. The molecule has 0 radical (unpaired) electrons. The Labute approximate surface area is 259 Å². The predicted octanol–water partition coefficient (Wildman–Crippen LogP) is 12.7. The van der Waals surface area contributed by atoms with E-state index < -0.39 is 0 Å². The average Bonchev–Trinajstić information content (AvgIpc) is 3.57. The molecule has 5 aromatic carbocycles. The summed E-state index contributed by atoms with van der Waals surface area (Å²) in [7, 11) is 0. The molecule has 0 saturated heterocycles. The maximum atomic E-state index is 6.59. The number of fused-ring (bicyclic) bond motifs is 5. The Balaban J connectivity index is 1.66. The van der Waals surface area contributed by atoms with Gasteiger partial charge in [-0.25, -0.2) is 0 Å². The molecule has 0 spiro atoms. The number of rotatable bonds is 4. The van der Waals surface area contributed by atoms with Gasteiger partial charge in [-0.15, -0.1) is 0 Å². The molecular weight excluding hydrogens is 536 g/mol. The first kappa shape index (κ1) is 28.0. The smallest absolute Gasteiger partial charge is 0.143 e. The summed E-state index contributed by atoms with van der Waals surface area (Å²) in [6, 6.07) is 30.7. The van der Waals surface area contributed by atoms with Gasteiger partial charge in [0, 0.05) is 32.8 Å². The fourth-order valence-electron chi connectivity index (χ4n) is 6.46. The topological polar surface area (TPSA) is 26.3 Å². The van der Waals surface area contributed by atoms with E-state index in [-0.39, 0.29) is 10.8 Å². The summed E-state index contributed by atoms with van der Waals surface area (Å²) in [5, 5.41) is 5.70. The van der Waals surface area contributed by atoms with Crippen molar-refractivity contribution in [3.63, 3.8) is 0 Å². The molecule has 2 heterocycles. The minimum absolute atomic E-state index is 0.0760. The van der Waals surface area contributed by atoms with Crippen LogP contribution in [0.3, 0.4) is 0 Å². The van der Waals surface area contributed by atoms with Crippen molar-refractivity contribution >= 4 is 55.8 Å². The number of benzene rings is 5. The SMILES string of the molecule is C=Cc1oc2c(-c3cc(C(C)(C)C)cc4c(-c5cccc6c5oc5ccccc56)cc(C(C)(C)C)cc34)cccc2c1C=C. The fourth-order valence-corrected chi connectivity index (χ4v) is 6.46. The summed E-state index contributed by atoms with van der Waals surface area (Å²) in [4.78, 5) is 0. The highest BCUT2D eigenvalue weighted by molar-refractivity contribution is 6.15. The second-order valence-corrected chi connectivity index (χ2v) is 13.9. The van der Waals surface area contributed by atoms with Crippen molar-refractivity contribution in [3.8, 4) is 22.3 Å². The molecule has 0 aliphatic carbocycles. The highest BCUT2D eigenvalue weighted by Gasteiger charge is 2.25. The minimum atomic E-state index is -0.0795. The Morgan fingerprint density at radius 1 is 0.500 bits per heavy atom. The molecule has 7 rings (SSSR count). The molecule has 0 saturated carbocycles. The van der Waals surface area contributed by atoms with Gasteiger partial charge in [0.15, 0.2) is 0 Å². The third kappa shape index (κ3) is 4.32. The third-order valence-corrected chi connectivity index (χ3v) is 8.96. The molecule has 0 atom stereocenters. The quantitative estimate of drug-likeness (QED) is 0.209. The van der Waals surface area contributed by atoms with Gasteiger partial charge in [-0.3, -0.25) is 0 Å². The molecule has 0 aliphatic rings. The Morgan fingerprint density at radius 3 is 1.57 bits per heavy atom. The van der Waals surface area contributed by atoms with Crippen LogP contribution in [0.15, 0.2) is 107 Å². The van der Waals surface area contributed by atoms with E-state index in [0.717, 1.165) is 60.9 Å². The van der Waals surface area contributed by atoms with E-state index in [4.69, 9.17) is 8.83 Å². The second kappa shape index (κ2) is 9.86. The van der Waals surface area contributed by atoms with Crippen LogP contribution < -0.4 is 0 Å². The molecule has 2 heteroatoms. The van der Waals surface area contributed by atoms with E-state index in [0.29, 0.717) is 0 Å². The Kier molecular flexibility index (Phi) is 6.27. The summed E-state index contributed by atoms with van der Waals surface area (Å²) < 4.78 is 13.1. The standard InChI is InChI=1S/C42H38O2/c1-9-27-29-16-13-18-31(39(29)43-37(27)10-2)33-21-25(41(3,4)5)24-36-34(22-26(23-35(33)36)42(6,7)8)32-19-14-17-30-28-15-11-12-20-38(28)44-40(30)32/h9-24H,1-2H2,3-8H3. The molecule has 44 heavy (non-hydrogen) atoms. The molecule has 218 valence electrons. The Bertz CT molecular complexity index is 2270. The van der Waals surface area contributed by atoms with Crippen molar-refractivity contribution in [2.45, 2.75) is 52.4 Å². The second-order valence-electron chi connectivity index (χ2n) is 13.9. The largest absolute Gasteiger partial charge is 0.455 e. The van der Waals surface area contributed by atoms with Crippen LogP contribution in [-0.4, -0.2) is 0 Å². The molecule has 7 aromatic rings. The number of furan rings is 2. The zero-order valence-corrected chi connectivity index (χ0v) is 26.5. The van der Waals surface area contributed by atoms with Gasteiger partial charge in [0.05, 0.1) is 0 Å². The van der Waals surface area contributed by atoms with Crippen molar-refractivity contribution in [1.82, 2.24) is 0 Å². The maximum Gasteiger partial charge on any atom is 0.143 e. The van der Waals surface area contributed by atoms with Gasteiger partial charge >= 0.3 is 0 Å². The van der Waals surface area contributed by atoms with Crippen LogP contribution in [0.25, 0.3) is 78.1 Å². The molecule has 2 aromatic heterocycles. The van der Waals surface area contributed by atoms with Crippen LogP contribution in [0.2, 0.25) is 0 Å². The normalized spacial score (nSPS) is 12.5. The predicted molar refractivity (Wildman–Crippen MR) is 189 cm³/mol. The van der Waals surface area contributed by atoms with E-state index in [1.54, 1.807) is 6.08 Å². The van der Waals surface area contributed by atoms with Crippen LogP contribution in [0.5, 0.6) is 0 Å². The van der Waals surface area contributed by atoms with Crippen molar-refractivity contribution in [2.75, 3.05) is 0 Å². The van der Waals surface area contributed by atoms with E-state index in [1.807, 2.05) is 12.1 Å². The van der Waals surface area contributed by atoms with Gasteiger partial charge < -0.3 is 8.83 Å². The van der Waals surface area contributed by atoms with Gasteiger partial charge in [-0.1, -0.05) is 115 Å². The van der Waals surface area contributed by atoms with E-state index in [9.17, 15) is 0 Å². The fraction of sp³-hybridized carbons (Fsp3) is 0.190. The highest BCUT2D eigenvalue weighted by atomic mass is 16.3. The highest BCUT2D eigenvalue weighted by Crippen LogP contribution is 2.46. The summed E-state index contributed by atoms with van der Waals surface area (Å²) in [6.07, 6.45) is 3.63. The molecule has 0 N–H and O–H groups in total. The van der Waals surface area contributed by atoms with Gasteiger partial charge in [0.25, 0.3) is 0 Å². The molecular formula is C42H38O2. The van der Waals surface area contributed by atoms with Gasteiger partial charge in [-0.2, -0.15) is 0 Å². The van der Waals surface area contributed by atoms with E-state index in [1.165, 1.54) is 27.5 Å². The lowest BCUT2D eigenvalue weighted by atomic mass is 9.78. The van der Waals surface area contributed by atoms with Crippen molar-refractivity contribution in [1.29, 1.82) is 0 Å².